The number of nitrogens with zero attached hydrogens (tertiary/aromatic N) is 1. The van der Waals surface area contributed by atoms with Gasteiger partial charge in [0.05, 0.1) is 18.6 Å². The van der Waals surface area contributed by atoms with E-state index >= 15 is 0 Å². The van der Waals surface area contributed by atoms with Gasteiger partial charge in [-0.2, -0.15) is 0 Å². The molecule has 0 spiro atoms. The zero-order valence-electron chi connectivity index (χ0n) is 17.7. The number of nitrogens with one attached hydrogen (secondary N) is 1. The number of ether oxygens (including phenoxy) is 1. The Morgan fingerprint density at radius 3 is 2.77 bits per heavy atom. The van der Waals surface area contributed by atoms with Crippen molar-refractivity contribution in [2.45, 2.75) is 50.4 Å². The normalized spacial score (nSPS) is 26.6. The smallest absolute Gasteiger partial charge is 0.247 e. The number of carbonyl (C=O) groups excluding carboxylic acids is 2. The summed E-state index contributed by atoms with van der Waals surface area (Å²) in [5, 5.41) is 23.2. The van der Waals surface area contributed by atoms with E-state index in [-0.39, 0.29) is 25.0 Å². The van der Waals surface area contributed by atoms with E-state index < -0.39 is 24.2 Å². The van der Waals surface area contributed by atoms with Crippen LogP contribution in [-0.4, -0.2) is 64.9 Å². The number of hydrogen-bond donors (Lipinski definition) is 3. The van der Waals surface area contributed by atoms with Crippen molar-refractivity contribution in [3.8, 4) is 5.75 Å². The van der Waals surface area contributed by atoms with Gasteiger partial charge in [-0.15, -0.1) is 0 Å². The van der Waals surface area contributed by atoms with Crippen LogP contribution in [-0.2, 0) is 9.59 Å². The van der Waals surface area contributed by atoms with Crippen molar-refractivity contribution in [1.82, 2.24) is 10.2 Å². The molecule has 166 valence electrons. The number of hydrogen-bond acceptors (Lipinski definition) is 5. The van der Waals surface area contributed by atoms with Gasteiger partial charge in [-0.3, -0.25) is 9.59 Å². The van der Waals surface area contributed by atoms with Gasteiger partial charge in [-0.25, -0.2) is 0 Å². The molecule has 3 N–H and O–H groups in total. The van der Waals surface area contributed by atoms with E-state index in [0.717, 1.165) is 24.8 Å². The van der Waals surface area contributed by atoms with Crippen LogP contribution >= 0.6 is 0 Å². The molecular weight excluding hydrogens is 396 g/mol. The summed E-state index contributed by atoms with van der Waals surface area (Å²) >= 11 is 0. The molecule has 2 aliphatic carbocycles. The van der Waals surface area contributed by atoms with Crippen LogP contribution in [0.2, 0.25) is 0 Å². The number of aliphatic hydroxyl groups excluding tert-OH is 2. The zero-order chi connectivity index (χ0) is 22.0. The SMILES string of the molecule is CCC=CC(=O)N(CC1CC1)C1C=C(C(=O)NCCO)C2c3ccccc3OC2C1O. The number of para-hydroxylation sites is 1. The first-order valence-corrected chi connectivity index (χ1v) is 11.1. The maximum absolute atomic E-state index is 13.0. The van der Waals surface area contributed by atoms with Crippen molar-refractivity contribution < 1.29 is 24.5 Å². The predicted molar refractivity (Wildman–Crippen MR) is 115 cm³/mol. The molecule has 1 fully saturated rings. The Kier molecular flexibility index (Phi) is 6.43. The Bertz CT molecular complexity index is 892. The van der Waals surface area contributed by atoms with Gasteiger partial charge in [-0.1, -0.05) is 31.2 Å². The summed E-state index contributed by atoms with van der Waals surface area (Å²) in [7, 11) is 0. The Hall–Kier alpha value is -2.64. The summed E-state index contributed by atoms with van der Waals surface area (Å²) in [6, 6.07) is 6.80. The highest BCUT2D eigenvalue weighted by atomic mass is 16.5. The van der Waals surface area contributed by atoms with Crippen LogP contribution in [0.25, 0.3) is 0 Å². The average Bonchev–Trinajstić information content (AvgIpc) is 3.52. The van der Waals surface area contributed by atoms with Crippen molar-refractivity contribution in [2.75, 3.05) is 19.7 Å². The fraction of sp³-hybridized carbons (Fsp3) is 0.500. The molecule has 1 aromatic rings. The molecule has 0 aromatic heterocycles. The highest BCUT2D eigenvalue weighted by Gasteiger charge is 2.50. The number of allylic oxidation sites excluding steroid dienone is 1. The zero-order valence-corrected chi connectivity index (χ0v) is 17.7. The van der Waals surface area contributed by atoms with Gasteiger partial charge in [0.1, 0.15) is 18.0 Å². The minimum atomic E-state index is -0.968. The van der Waals surface area contributed by atoms with Gasteiger partial charge < -0.3 is 25.2 Å². The molecule has 1 saturated carbocycles. The molecular formula is C24H30N2O5. The Morgan fingerprint density at radius 1 is 1.29 bits per heavy atom. The Balaban J connectivity index is 1.72. The third-order valence-electron chi connectivity index (χ3n) is 6.17. The Labute approximate surface area is 182 Å². The van der Waals surface area contributed by atoms with E-state index in [4.69, 9.17) is 9.84 Å². The van der Waals surface area contributed by atoms with Crippen LogP contribution in [0.15, 0.2) is 48.1 Å². The minimum Gasteiger partial charge on any atom is -0.486 e. The summed E-state index contributed by atoms with van der Waals surface area (Å²) in [5.74, 6) is 0.155. The molecule has 4 rings (SSSR count). The highest BCUT2D eigenvalue weighted by Crippen LogP contribution is 2.47. The first-order valence-electron chi connectivity index (χ1n) is 11.1. The molecule has 1 aliphatic heterocycles. The maximum atomic E-state index is 13.0. The quantitative estimate of drug-likeness (QED) is 0.548. The molecule has 0 radical (unpaired) electrons. The summed E-state index contributed by atoms with van der Waals surface area (Å²) in [5.41, 5.74) is 1.31. The third kappa shape index (κ3) is 4.38. The van der Waals surface area contributed by atoms with E-state index in [1.807, 2.05) is 31.2 Å². The lowest BCUT2D eigenvalue weighted by Gasteiger charge is -2.40. The molecule has 1 aromatic carbocycles. The summed E-state index contributed by atoms with van der Waals surface area (Å²) < 4.78 is 6.09. The molecule has 4 atom stereocenters. The van der Waals surface area contributed by atoms with Gasteiger partial charge in [0.2, 0.25) is 11.8 Å². The van der Waals surface area contributed by atoms with E-state index in [0.29, 0.717) is 23.8 Å². The number of fused-ring (bicyclic) bond motifs is 3. The van der Waals surface area contributed by atoms with Crippen molar-refractivity contribution >= 4 is 11.8 Å². The molecule has 0 bridgehead atoms. The average molecular weight is 427 g/mol. The third-order valence-corrected chi connectivity index (χ3v) is 6.17. The van der Waals surface area contributed by atoms with Crippen molar-refractivity contribution in [3.63, 3.8) is 0 Å². The van der Waals surface area contributed by atoms with Crippen LogP contribution in [0.3, 0.4) is 0 Å². The molecule has 2 amide bonds. The van der Waals surface area contributed by atoms with Crippen LogP contribution in [0.1, 0.15) is 37.7 Å². The fourth-order valence-electron chi connectivity index (χ4n) is 4.44. The predicted octanol–water partition coefficient (Wildman–Crippen LogP) is 1.51. The van der Waals surface area contributed by atoms with E-state index in [9.17, 15) is 14.7 Å². The van der Waals surface area contributed by atoms with Crippen LogP contribution in [0, 0.1) is 5.92 Å². The second-order valence-corrected chi connectivity index (χ2v) is 8.43. The van der Waals surface area contributed by atoms with E-state index in [2.05, 4.69) is 5.32 Å². The van der Waals surface area contributed by atoms with Crippen molar-refractivity contribution in [3.05, 3.63) is 53.6 Å². The molecule has 3 aliphatic rings. The van der Waals surface area contributed by atoms with Gasteiger partial charge in [0.15, 0.2) is 0 Å². The second kappa shape index (κ2) is 9.24. The maximum Gasteiger partial charge on any atom is 0.247 e. The summed E-state index contributed by atoms with van der Waals surface area (Å²) in [4.78, 5) is 27.7. The van der Waals surface area contributed by atoms with Gasteiger partial charge >= 0.3 is 0 Å². The number of benzene rings is 1. The molecule has 7 heteroatoms. The molecule has 1 heterocycles. The lowest BCUT2D eigenvalue weighted by atomic mass is 9.77. The van der Waals surface area contributed by atoms with Gasteiger partial charge in [0, 0.05) is 24.2 Å². The first-order chi connectivity index (χ1) is 15.0. The summed E-state index contributed by atoms with van der Waals surface area (Å²) in [6.45, 7) is 2.47. The molecule has 7 nitrogen and oxygen atoms in total. The number of rotatable bonds is 8. The van der Waals surface area contributed by atoms with Gasteiger partial charge in [0.25, 0.3) is 0 Å². The van der Waals surface area contributed by atoms with Crippen LogP contribution in [0.4, 0.5) is 0 Å². The second-order valence-electron chi connectivity index (χ2n) is 8.43. The minimum absolute atomic E-state index is 0.132. The van der Waals surface area contributed by atoms with E-state index in [1.54, 1.807) is 23.1 Å². The number of amides is 2. The fourth-order valence-corrected chi connectivity index (χ4v) is 4.44. The number of carbonyl (C=O) groups is 2. The first kappa shape index (κ1) is 21.6. The molecule has 4 unspecified atom stereocenters. The van der Waals surface area contributed by atoms with Gasteiger partial charge in [-0.05, 0) is 43.4 Å². The van der Waals surface area contributed by atoms with E-state index in [1.165, 1.54) is 0 Å². The van der Waals surface area contributed by atoms with Crippen LogP contribution < -0.4 is 10.1 Å². The standard InChI is InChI=1S/C24H30N2O5/c1-2-3-8-20(28)26(14-15-9-10-15)18-13-17(24(30)25-11-12-27)21-16-6-4-5-7-19(16)31-23(21)22(18)29/h3-8,13,15,18,21-23,27,29H,2,9-12,14H2,1H3,(H,25,30). The largest absolute Gasteiger partial charge is 0.486 e. The number of aliphatic hydroxyl groups is 2. The van der Waals surface area contributed by atoms with Crippen molar-refractivity contribution in [2.24, 2.45) is 5.92 Å². The molecule has 31 heavy (non-hydrogen) atoms. The highest BCUT2D eigenvalue weighted by molar-refractivity contribution is 5.96. The lowest BCUT2D eigenvalue weighted by Crippen LogP contribution is -2.56. The molecule has 0 saturated heterocycles. The van der Waals surface area contributed by atoms with Crippen molar-refractivity contribution in [1.29, 1.82) is 0 Å². The van der Waals surface area contributed by atoms with Crippen LogP contribution in [0.5, 0.6) is 5.75 Å². The monoisotopic (exact) mass is 426 g/mol. The topological polar surface area (TPSA) is 99.1 Å². The Morgan fingerprint density at radius 2 is 2.06 bits per heavy atom. The lowest BCUT2D eigenvalue weighted by molar-refractivity contribution is -0.132. The summed E-state index contributed by atoms with van der Waals surface area (Å²) in [6.07, 6.45) is 6.31.